The zero-order valence-corrected chi connectivity index (χ0v) is 11.5. The zero-order valence-electron chi connectivity index (χ0n) is 11.5. The van der Waals surface area contributed by atoms with Gasteiger partial charge in [-0.1, -0.05) is 6.58 Å². The summed E-state index contributed by atoms with van der Waals surface area (Å²) in [4.78, 5) is 22.9. The lowest BCUT2D eigenvalue weighted by Crippen LogP contribution is -2.29. The number of carbonyl (C=O) groups is 2. The number of aliphatic hydroxyl groups is 1. The highest BCUT2D eigenvalue weighted by Crippen LogP contribution is 2.39. The van der Waals surface area contributed by atoms with E-state index < -0.39 is 12.1 Å². The number of esters is 2. The fourth-order valence-electron chi connectivity index (χ4n) is 2.26. The lowest BCUT2D eigenvalue weighted by atomic mass is 9.89. The van der Waals surface area contributed by atoms with Gasteiger partial charge in [-0.2, -0.15) is 0 Å². The molecule has 1 aliphatic carbocycles. The van der Waals surface area contributed by atoms with Crippen molar-refractivity contribution in [3.05, 3.63) is 12.2 Å². The van der Waals surface area contributed by atoms with Gasteiger partial charge in [0.1, 0.15) is 19.3 Å². The first-order valence-corrected chi connectivity index (χ1v) is 6.80. The number of hydrogen-bond donors (Lipinski definition) is 1. The Labute approximate surface area is 117 Å². The van der Waals surface area contributed by atoms with Gasteiger partial charge in [-0.3, -0.25) is 4.79 Å². The molecule has 0 aromatic rings. The predicted octanol–water partition coefficient (Wildman–Crippen LogP) is 0.577. The quantitative estimate of drug-likeness (QED) is 0.436. The highest BCUT2D eigenvalue weighted by Gasteiger charge is 2.46. The number of ether oxygens (including phenoxy) is 3. The molecule has 0 amide bonds. The van der Waals surface area contributed by atoms with Crippen LogP contribution in [0.4, 0.5) is 0 Å². The third kappa shape index (κ3) is 4.05. The summed E-state index contributed by atoms with van der Waals surface area (Å²) < 4.78 is 15.2. The Morgan fingerprint density at radius 1 is 1.30 bits per heavy atom. The highest BCUT2D eigenvalue weighted by molar-refractivity contribution is 5.86. The molecule has 1 saturated carbocycles. The molecule has 0 spiro atoms. The molecule has 4 unspecified atom stereocenters. The minimum atomic E-state index is -1.02. The summed E-state index contributed by atoms with van der Waals surface area (Å²) >= 11 is 0. The summed E-state index contributed by atoms with van der Waals surface area (Å²) in [6.45, 7) is 4.56. The molecule has 4 atom stereocenters. The van der Waals surface area contributed by atoms with Gasteiger partial charge in [0.05, 0.1) is 18.1 Å². The Hall–Kier alpha value is -1.40. The second kappa shape index (κ2) is 6.37. The molecule has 1 N–H and O–H groups in total. The van der Waals surface area contributed by atoms with Crippen LogP contribution in [0.3, 0.4) is 0 Å². The Bertz CT molecular complexity index is 404. The summed E-state index contributed by atoms with van der Waals surface area (Å²) in [5, 5.41) is 9.58. The van der Waals surface area contributed by atoms with E-state index in [2.05, 4.69) is 6.58 Å². The van der Waals surface area contributed by atoms with Crippen LogP contribution in [-0.2, 0) is 23.8 Å². The summed E-state index contributed by atoms with van der Waals surface area (Å²) in [6.07, 6.45) is 1.89. The standard InChI is InChI=1S/C14H20O6/c1-8(2)13(16)18-6-10(15)7-19-14(17)9-3-4-11-12(5-9)20-11/h9-12,15H,1,3-7H2,2H3. The van der Waals surface area contributed by atoms with Gasteiger partial charge in [0.25, 0.3) is 0 Å². The van der Waals surface area contributed by atoms with Crippen molar-refractivity contribution in [3.63, 3.8) is 0 Å². The van der Waals surface area contributed by atoms with Crippen molar-refractivity contribution in [3.8, 4) is 0 Å². The van der Waals surface area contributed by atoms with Crippen molar-refractivity contribution < 1.29 is 28.9 Å². The lowest BCUT2D eigenvalue weighted by molar-refractivity contribution is -0.155. The van der Waals surface area contributed by atoms with Crippen LogP contribution < -0.4 is 0 Å². The monoisotopic (exact) mass is 284 g/mol. The Morgan fingerprint density at radius 2 is 2.00 bits per heavy atom. The van der Waals surface area contributed by atoms with Crippen molar-refractivity contribution >= 4 is 11.9 Å². The van der Waals surface area contributed by atoms with E-state index in [4.69, 9.17) is 14.2 Å². The molecule has 1 aliphatic heterocycles. The molecule has 1 saturated heterocycles. The first-order chi connectivity index (χ1) is 9.47. The van der Waals surface area contributed by atoms with Crippen molar-refractivity contribution in [1.29, 1.82) is 0 Å². The second-order valence-electron chi connectivity index (χ2n) is 5.39. The van der Waals surface area contributed by atoms with Crippen LogP contribution in [0.5, 0.6) is 0 Å². The molecule has 6 nitrogen and oxygen atoms in total. The van der Waals surface area contributed by atoms with Gasteiger partial charge in [-0.25, -0.2) is 4.79 Å². The topological polar surface area (TPSA) is 85.4 Å². The molecule has 0 bridgehead atoms. The van der Waals surface area contributed by atoms with Crippen molar-refractivity contribution in [2.45, 2.75) is 44.5 Å². The van der Waals surface area contributed by atoms with Crippen LogP contribution >= 0.6 is 0 Å². The van der Waals surface area contributed by atoms with Crippen LogP contribution in [0.15, 0.2) is 12.2 Å². The first kappa shape index (κ1) is 15.0. The van der Waals surface area contributed by atoms with E-state index in [0.29, 0.717) is 12.5 Å². The average Bonchev–Trinajstić information content (AvgIpc) is 3.20. The maximum Gasteiger partial charge on any atom is 0.333 e. The van der Waals surface area contributed by atoms with E-state index >= 15 is 0 Å². The SMILES string of the molecule is C=C(C)C(=O)OCC(O)COC(=O)C1CCC2OC2C1. The molecular weight excluding hydrogens is 264 g/mol. The number of epoxide rings is 1. The van der Waals surface area contributed by atoms with Crippen LogP contribution in [0.1, 0.15) is 26.2 Å². The fourth-order valence-corrected chi connectivity index (χ4v) is 2.26. The van der Waals surface area contributed by atoms with E-state index in [1.54, 1.807) is 0 Å². The first-order valence-electron chi connectivity index (χ1n) is 6.80. The normalized spacial score (nSPS) is 29.0. The van der Waals surface area contributed by atoms with Crippen molar-refractivity contribution in [1.82, 2.24) is 0 Å². The molecule has 2 rings (SSSR count). The number of aliphatic hydroxyl groups excluding tert-OH is 1. The Balaban J connectivity index is 1.62. The minimum Gasteiger partial charge on any atom is -0.463 e. The van der Waals surface area contributed by atoms with Crippen molar-refractivity contribution in [2.24, 2.45) is 5.92 Å². The highest BCUT2D eigenvalue weighted by atomic mass is 16.6. The average molecular weight is 284 g/mol. The summed E-state index contributed by atoms with van der Waals surface area (Å²) in [5.74, 6) is -1.03. The number of rotatable bonds is 6. The van der Waals surface area contributed by atoms with Crippen LogP contribution in [0.25, 0.3) is 0 Å². The zero-order chi connectivity index (χ0) is 14.7. The van der Waals surface area contributed by atoms with E-state index in [9.17, 15) is 14.7 Å². The predicted molar refractivity (Wildman–Crippen MR) is 68.7 cm³/mol. The van der Waals surface area contributed by atoms with E-state index in [1.165, 1.54) is 6.92 Å². The largest absolute Gasteiger partial charge is 0.463 e. The summed E-state index contributed by atoms with van der Waals surface area (Å²) in [6, 6.07) is 0. The Morgan fingerprint density at radius 3 is 2.65 bits per heavy atom. The van der Waals surface area contributed by atoms with Gasteiger partial charge in [0.15, 0.2) is 0 Å². The number of carbonyl (C=O) groups excluding carboxylic acids is 2. The van der Waals surface area contributed by atoms with Gasteiger partial charge in [0.2, 0.25) is 0 Å². The van der Waals surface area contributed by atoms with Crippen LogP contribution in [0, 0.1) is 5.92 Å². The molecule has 1 heterocycles. The van der Waals surface area contributed by atoms with E-state index in [0.717, 1.165) is 12.8 Å². The van der Waals surface area contributed by atoms with Gasteiger partial charge in [-0.15, -0.1) is 0 Å². The number of fused-ring (bicyclic) bond motifs is 1. The maximum atomic E-state index is 11.8. The Kier molecular flexibility index (Phi) is 4.77. The molecular formula is C14H20O6. The third-order valence-corrected chi connectivity index (χ3v) is 3.51. The van der Waals surface area contributed by atoms with Gasteiger partial charge >= 0.3 is 11.9 Å². The van der Waals surface area contributed by atoms with Crippen LogP contribution in [-0.4, -0.2) is 48.6 Å². The molecule has 112 valence electrons. The molecule has 0 aromatic heterocycles. The van der Waals surface area contributed by atoms with E-state index in [-0.39, 0.29) is 36.8 Å². The second-order valence-corrected chi connectivity index (χ2v) is 5.39. The van der Waals surface area contributed by atoms with Gasteiger partial charge in [0, 0.05) is 5.57 Å². The van der Waals surface area contributed by atoms with Gasteiger partial charge in [-0.05, 0) is 26.2 Å². The maximum absolute atomic E-state index is 11.8. The van der Waals surface area contributed by atoms with Gasteiger partial charge < -0.3 is 19.3 Å². The molecule has 20 heavy (non-hydrogen) atoms. The molecule has 2 aliphatic rings. The van der Waals surface area contributed by atoms with E-state index in [1.807, 2.05) is 0 Å². The summed E-state index contributed by atoms with van der Waals surface area (Å²) in [5.41, 5.74) is 0.260. The minimum absolute atomic E-state index is 0.149. The fraction of sp³-hybridized carbons (Fsp3) is 0.714. The van der Waals surface area contributed by atoms with Crippen LogP contribution in [0.2, 0.25) is 0 Å². The number of hydrogen-bond acceptors (Lipinski definition) is 6. The smallest absolute Gasteiger partial charge is 0.333 e. The summed E-state index contributed by atoms with van der Waals surface area (Å²) in [7, 11) is 0. The molecule has 2 fully saturated rings. The lowest BCUT2D eigenvalue weighted by Gasteiger charge is -2.18. The van der Waals surface area contributed by atoms with Crippen molar-refractivity contribution in [2.75, 3.05) is 13.2 Å². The molecule has 0 aromatic carbocycles. The molecule has 6 heteroatoms. The molecule has 0 radical (unpaired) electrons. The third-order valence-electron chi connectivity index (χ3n) is 3.51.